The maximum atomic E-state index is 13.3. The molecule has 2 aliphatic rings. The van der Waals surface area contributed by atoms with E-state index in [-0.39, 0.29) is 24.4 Å². The van der Waals surface area contributed by atoms with Crippen molar-refractivity contribution in [3.63, 3.8) is 0 Å². The van der Waals surface area contributed by atoms with E-state index in [9.17, 15) is 36.0 Å². The Kier molecular flexibility index (Phi) is 9.80. The number of fused-ring (bicyclic) bond motifs is 1. The maximum Gasteiger partial charge on any atom is 0.490 e. The van der Waals surface area contributed by atoms with Crippen LogP contribution in [0.3, 0.4) is 0 Å². The van der Waals surface area contributed by atoms with E-state index >= 15 is 0 Å². The summed E-state index contributed by atoms with van der Waals surface area (Å²) in [6, 6.07) is 16.4. The molecule has 228 valence electrons. The van der Waals surface area contributed by atoms with Crippen molar-refractivity contribution >= 4 is 33.8 Å². The number of alkyl halides is 3. The first kappa shape index (κ1) is 32.7. The van der Waals surface area contributed by atoms with Gasteiger partial charge in [-0.15, -0.1) is 0 Å². The third-order valence-electron chi connectivity index (χ3n) is 7.23. The second kappa shape index (κ2) is 12.6. The first-order chi connectivity index (χ1) is 19.6. The van der Waals surface area contributed by atoms with Crippen molar-refractivity contribution in [3.8, 4) is 0 Å². The molecule has 4 rings (SSSR count). The van der Waals surface area contributed by atoms with E-state index < -0.39 is 63.4 Å². The first-order valence-electron chi connectivity index (χ1n) is 12.7. The number of methoxy groups -OCH3 is 1. The Morgan fingerprint density at radius 3 is 2.05 bits per heavy atom. The van der Waals surface area contributed by atoms with E-state index in [1.807, 2.05) is 30.3 Å². The van der Waals surface area contributed by atoms with Crippen LogP contribution in [-0.4, -0.2) is 91.5 Å². The number of nitrogens with one attached hydrogen (secondary N) is 1. The highest BCUT2D eigenvalue weighted by Crippen LogP contribution is 2.45. The highest BCUT2D eigenvalue weighted by atomic mass is 32.2. The van der Waals surface area contributed by atoms with Crippen molar-refractivity contribution in [2.75, 3.05) is 27.2 Å². The number of benzene rings is 2. The van der Waals surface area contributed by atoms with Crippen molar-refractivity contribution in [2.45, 2.75) is 36.0 Å². The van der Waals surface area contributed by atoms with Gasteiger partial charge in [-0.1, -0.05) is 55.5 Å². The zero-order chi connectivity index (χ0) is 31.5. The Morgan fingerprint density at radius 1 is 1.05 bits per heavy atom. The number of carboxylic acids is 1. The maximum absolute atomic E-state index is 13.3. The van der Waals surface area contributed by atoms with E-state index in [0.29, 0.717) is 0 Å². The van der Waals surface area contributed by atoms with Crippen LogP contribution >= 0.6 is 0 Å². The zero-order valence-corrected chi connectivity index (χ0v) is 23.7. The Morgan fingerprint density at radius 2 is 1.57 bits per heavy atom. The van der Waals surface area contributed by atoms with Gasteiger partial charge in [-0.25, -0.2) is 13.2 Å². The highest BCUT2D eigenvalue weighted by molar-refractivity contribution is 7.89. The van der Waals surface area contributed by atoms with Gasteiger partial charge in [-0.3, -0.25) is 24.6 Å². The predicted molar refractivity (Wildman–Crippen MR) is 141 cm³/mol. The summed E-state index contributed by atoms with van der Waals surface area (Å²) in [5.41, 5.74) is -0.734. The molecule has 2 aliphatic heterocycles. The quantitative estimate of drug-likeness (QED) is 0.335. The number of ether oxygens (including phenoxy) is 1. The van der Waals surface area contributed by atoms with Crippen LogP contribution in [0.1, 0.15) is 12.5 Å². The third kappa shape index (κ3) is 6.32. The summed E-state index contributed by atoms with van der Waals surface area (Å²) in [6.07, 6.45) is -4.97. The minimum atomic E-state index is -5.08. The largest absolute Gasteiger partial charge is 0.490 e. The van der Waals surface area contributed by atoms with Crippen molar-refractivity contribution in [3.05, 3.63) is 66.2 Å². The number of imide groups is 1. The number of hydrogen-bond acceptors (Lipinski definition) is 8. The number of carbonyl (C=O) groups is 4. The fourth-order valence-corrected chi connectivity index (χ4v) is 6.80. The van der Waals surface area contributed by atoms with E-state index in [0.717, 1.165) is 10.5 Å². The molecule has 0 radical (unpaired) electrons. The molecule has 11 nitrogen and oxygen atoms in total. The molecule has 2 saturated heterocycles. The van der Waals surface area contributed by atoms with Gasteiger partial charge in [0, 0.05) is 32.6 Å². The number of likely N-dealkylation sites (N-methyl/N-ethyl adjacent to an activating group) is 1. The smallest absolute Gasteiger partial charge is 0.475 e. The Hall–Kier alpha value is -3.82. The summed E-state index contributed by atoms with van der Waals surface area (Å²) in [6.45, 7) is 1.77. The molecule has 15 heteroatoms. The number of aliphatic carboxylic acids is 1. The lowest BCUT2D eigenvalue weighted by Gasteiger charge is -2.33. The van der Waals surface area contributed by atoms with Gasteiger partial charge in [-0.2, -0.15) is 17.5 Å². The molecule has 2 aromatic rings. The van der Waals surface area contributed by atoms with Crippen LogP contribution in [0, 0.1) is 11.8 Å². The highest BCUT2D eigenvalue weighted by Gasteiger charge is 2.68. The van der Waals surface area contributed by atoms with Gasteiger partial charge in [0.2, 0.25) is 21.8 Å². The molecule has 2 fully saturated rings. The minimum absolute atomic E-state index is 0.0880. The van der Waals surface area contributed by atoms with Crippen LogP contribution in [0.4, 0.5) is 13.2 Å². The van der Waals surface area contributed by atoms with Gasteiger partial charge in [-0.05, 0) is 17.7 Å². The molecule has 2 aromatic carbocycles. The van der Waals surface area contributed by atoms with E-state index in [1.165, 1.54) is 30.6 Å². The lowest BCUT2D eigenvalue weighted by Crippen LogP contribution is -2.59. The molecule has 4 atom stereocenters. The van der Waals surface area contributed by atoms with E-state index in [4.69, 9.17) is 14.6 Å². The standard InChI is InChI=1S/C25H29N3O6S.C2HF3O2/c1-4-28(35(32,33)18-13-9-6-10-14-18)16-19-20-21(23(30)27(2)22(20)29)25(26-19,24(31)34-3)15-17-11-7-5-8-12-17;3-2(4,5)1(6)7/h5-14,19-21,26H,4,15-16H2,1-3H3;(H,6,7)/t19-,20+,21-,25-;/m1./s1. The Bertz CT molecular complexity index is 1420. The van der Waals surface area contributed by atoms with Crippen LogP contribution in [0.5, 0.6) is 0 Å². The molecule has 0 unspecified atom stereocenters. The predicted octanol–water partition coefficient (Wildman–Crippen LogP) is 1.69. The number of rotatable bonds is 8. The summed E-state index contributed by atoms with van der Waals surface area (Å²) in [7, 11) is -1.24. The normalized spacial score (nSPS) is 23.8. The van der Waals surface area contributed by atoms with Crippen LogP contribution in [0.25, 0.3) is 0 Å². The van der Waals surface area contributed by atoms with Gasteiger partial charge in [0.15, 0.2) is 0 Å². The van der Waals surface area contributed by atoms with Crippen LogP contribution in [0.2, 0.25) is 0 Å². The van der Waals surface area contributed by atoms with E-state index in [2.05, 4.69) is 5.32 Å². The minimum Gasteiger partial charge on any atom is -0.475 e. The number of nitrogens with zero attached hydrogens (tertiary/aromatic N) is 2. The van der Waals surface area contributed by atoms with Gasteiger partial charge in [0.1, 0.15) is 5.54 Å². The Balaban J connectivity index is 0.000000616. The van der Waals surface area contributed by atoms with Gasteiger partial charge in [0.25, 0.3) is 0 Å². The number of sulfonamides is 1. The number of hydrogen-bond donors (Lipinski definition) is 2. The number of esters is 1. The first-order valence-corrected chi connectivity index (χ1v) is 14.1. The van der Waals surface area contributed by atoms with Crippen molar-refractivity contribution in [1.29, 1.82) is 0 Å². The number of carboxylic acid groups (broad SMARTS) is 1. The molecule has 2 amide bonds. The van der Waals surface area contributed by atoms with Crippen LogP contribution < -0.4 is 5.32 Å². The van der Waals surface area contributed by atoms with E-state index in [1.54, 1.807) is 25.1 Å². The molecule has 42 heavy (non-hydrogen) atoms. The van der Waals surface area contributed by atoms with Gasteiger partial charge < -0.3 is 9.84 Å². The number of amides is 2. The molecule has 0 aliphatic carbocycles. The zero-order valence-electron chi connectivity index (χ0n) is 22.9. The second-order valence-corrected chi connectivity index (χ2v) is 11.6. The number of carbonyl (C=O) groups excluding carboxylic acids is 3. The lowest BCUT2D eigenvalue weighted by molar-refractivity contribution is -0.192. The molecule has 0 spiro atoms. The van der Waals surface area contributed by atoms with Gasteiger partial charge in [0.05, 0.1) is 23.8 Å². The van der Waals surface area contributed by atoms with Gasteiger partial charge >= 0.3 is 18.1 Å². The molecule has 0 saturated carbocycles. The topological polar surface area (TPSA) is 150 Å². The monoisotopic (exact) mass is 613 g/mol. The SMILES string of the molecule is CCN(C[C@H]1N[C@@](Cc2ccccc2)(C(=O)OC)[C@H]2C(=O)N(C)C(=O)[C@@H]12)S(=O)(=O)c1ccccc1.O=C(O)C(F)(F)F. The Labute approximate surface area is 240 Å². The molecular formula is C27H30F3N3O8S. The molecule has 2 heterocycles. The van der Waals surface area contributed by atoms with Crippen molar-refractivity contribution in [2.24, 2.45) is 11.8 Å². The number of halogens is 3. The van der Waals surface area contributed by atoms with Crippen LogP contribution in [-0.2, 0) is 40.4 Å². The molecular weight excluding hydrogens is 583 g/mol. The third-order valence-corrected chi connectivity index (χ3v) is 9.19. The summed E-state index contributed by atoms with van der Waals surface area (Å²) < 4.78 is 64.8. The average molecular weight is 614 g/mol. The summed E-state index contributed by atoms with van der Waals surface area (Å²) in [4.78, 5) is 49.8. The summed E-state index contributed by atoms with van der Waals surface area (Å²) in [5, 5.41) is 10.4. The fourth-order valence-electron chi connectivity index (χ4n) is 5.31. The van der Waals surface area contributed by atoms with Crippen LogP contribution in [0.15, 0.2) is 65.6 Å². The average Bonchev–Trinajstić information content (AvgIpc) is 3.40. The van der Waals surface area contributed by atoms with Crippen molar-refractivity contribution in [1.82, 2.24) is 14.5 Å². The molecule has 0 bridgehead atoms. The second-order valence-electron chi connectivity index (χ2n) is 9.69. The molecule has 0 aromatic heterocycles. The molecule has 2 N–H and O–H groups in total. The van der Waals surface area contributed by atoms with Crippen molar-refractivity contribution < 1.29 is 50.6 Å². The lowest BCUT2D eigenvalue weighted by atomic mass is 9.76. The number of likely N-dealkylation sites (tertiary alicyclic amines) is 1. The summed E-state index contributed by atoms with van der Waals surface area (Å²) >= 11 is 0. The summed E-state index contributed by atoms with van der Waals surface area (Å²) in [5.74, 6) is -6.27. The fraction of sp³-hybridized carbons (Fsp3) is 0.407.